The number of nitriles is 1. The molecular formula is C28H27ClN6S. The Labute approximate surface area is 220 Å². The van der Waals surface area contributed by atoms with Gasteiger partial charge in [0.25, 0.3) is 0 Å². The molecule has 2 aromatic heterocycles. The maximum absolute atomic E-state index is 9.73. The molecule has 1 aliphatic heterocycles. The Bertz CT molecular complexity index is 1450. The molecule has 0 amide bonds. The first-order chi connectivity index (χ1) is 17.6. The van der Waals surface area contributed by atoms with Gasteiger partial charge in [0.05, 0.1) is 21.8 Å². The summed E-state index contributed by atoms with van der Waals surface area (Å²) in [6.45, 7) is 3.34. The van der Waals surface area contributed by atoms with Crippen LogP contribution in [0.25, 0.3) is 17.0 Å². The lowest BCUT2D eigenvalue weighted by Crippen LogP contribution is -2.29. The van der Waals surface area contributed by atoms with Gasteiger partial charge in [-0.3, -0.25) is 9.88 Å². The van der Waals surface area contributed by atoms with E-state index in [0.29, 0.717) is 10.6 Å². The van der Waals surface area contributed by atoms with Gasteiger partial charge in [-0.25, -0.2) is 4.98 Å². The molecule has 0 aliphatic carbocycles. The number of piperidine rings is 1. The number of likely N-dealkylation sites (tertiary alicyclic amines) is 1. The molecule has 1 aliphatic rings. The molecule has 0 radical (unpaired) electrons. The fourth-order valence-electron chi connectivity index (χ4n) is 4.37. The van der Waals surface area contributed by atoms with E-state index in [1.165, 1.54) is 44.1 Å². The van der Waals surface area contributed by atoms with Gasteiger partial charge < -0.3 is 9.88 Å². The second kappa shape index (κ2) is 11.2. The highest BCUT2D eigenvalue weighted by Gasteiger charge is 2.12. The van der Waals surface area contributed by atoms with Crippen molar-refractivity contribution in [3.05, 3.63) is 77.2 Å². The molecule has 182 valence electrons. The monoisotopic (exact) mass is 514 g/mol. The van der Waals surface area contributed by atoms with Crippen LogP contribution in [0.2, 0.25) is 5.02 Å². The van der Waals surface area contributed by atoms with E-state index in [0.717, 1.165) is 44.4 Å². The molecule has 5 rings (SSSR count). The highest BCUT2D eigenvalue weighted by atomic mass is 35.5. The van der Waals surface area contributed by atoms with Gasteiger partial charge in [0.1, 0.15) is 6.07 Å². The molecule has 0 spiro atoms. The zero-order chi connectivity index (χ0) is 24.9. The van der Waals surface area contributed by atoms with Crippen LogP contribution in [-0.2, 0) is 7.05 Å². The second-order valence-electron chi connectivity index (χ2n) is 8.89. The number of aromatic nitrogens is 3. The Hall–Kier alpha value is -3.31. The first kappa shape index (κ1) is 24.4. The van der Waals surface area contributed by atoms with Crippen LogP contribution in [-0.4, -0.2) is 39.1 Å². The van der Waals surface area contributed by atoms with E-state index >= 15 is 0 Å². The van der Waals surface area contributed by atoms with Crippen molar-refractivity contribution in [1.29, 1.82) is 5.26 Å². The number of hydrogen-bond donors (Lipinski definition) is 1. The van der Waals surface area contributed by atoms with Crippen LogP contribution in [0.3, 0.4) is 0 Å². The van der Waals surface area contributed by atoms with E-state index < -0.39 is 0 Å². The van der Waals surface area contributed by atoms with E-state index in [4.69, 9.17) is 11.6 Å². The summed E-state index contributed by atoms with van der Waals surface area (Å²) in [5, 5.41) is 15.5. The third-order valence-corrected chi connectivity index (χ3v) is 7.89. The molecule has 6 nitrogen and oxygen atoms in total. The van der Waals surface area contributed by atoms with Gasteiger partial charge in [0.2, 0.25) is 0 Å². The summed E-state index contributed by atoms with van der Waals surface area (Å²) < 4.78 is 1.95. The van der Waals surface area contributed by atoms with Crippen LogP contribution in [0, 0.1) is 11.3 Å². The maximum Gasteiger partial charge on any atom is 0.172 e. The zero-order valence-electron chi connectivity index (χ0n) is 20.1. The minimum Gasteiger partial charge on any atom is -0.354 e. The van der Waals surface area contributed by atoms with Crippen molar-refractivity contribution in [1.82, 2.24) is 19.4 Å². The molecule has 0 unspecified atom stereocenters. The topological polar surface area (TPSA) is 69.8 Å². The van der Waals surface area contributed by atoms with Crippen LogP contribution in [0.1, 0.15) is 30.4 Å². The molecule has 0 bridgehead atoms. The highest BCUT2D eigenvalue weighted by molar-refractivity contribution is 7.99. The summed E-state index contributed by atoms with van der Waals surface area (Å²) in [5.41, 5.74) is 3.95. The SMILES string of the molecule is Cn1ccnc1Sc1ccc(Nc2c(C#N)cnc3cc(C=CCN4CCCCC4)ccc23)cc1Cl. The molecule has 4 aromatic rings. The summed E-state index contributed by atoms with van der Waals surface area (Å²) in [6, 6.07) is 14.2. The predicted octanol–water partition coefficient (Wildman–Crippen LogP) is 6.89. The number of aryl methyl sites for hydroxylation is 1. The molecule has 1 fully saturated rings. The van der Waals surface area contributed by atoms with E-state index in [9.17, 15) is 5.26 Å². The summed E-state index contributed by atoms with van der Waals surface area (Å²) in [6.07, 6.45) is 13.6. The van der Waals surface area contributed by atoms with E-state index in [1.54, 1.807) is 12.4 Å². The number of nitrogens with one attached hydrogen (secondary N) is 1. The van der Waals surface area contributed by atoms with Crippen LogP contribution in [0.5, 0.6) is 0 Å². The number of hydrogen-bond acceptors (Lipinski definition) is 6. The second-order valence-corrected chi connectivity index (χ2v) is 10.3. The number of halogens is 1. The Morgan fingerprint density at radius 1 is 1.14 bits per heavy atom. The molecule has 36 heavy (non-hydrogen) atoms. The molecule has 1 saturated heterocycles. The molecule has 2 aromatic carbocycles. The molecule has 3 heterocycles. The number of imidazole rings is 1. The van der Waals surface area contributed by atoms with Crippen molar-refractivity contribution in [3.63, 3.8) is 0 Å². The number of pyridine rings is 1. The fraction of sp³-hybridized carbons (Fsp3) is 0.250. The maximum atomic E-state index is 9.73. The predicted molar refractivity (Wildman–Crippen MR) is 148 cm³/mol. The quantitative estimate of drug-likeness (QED) is 0.289. The number of rotatable bonds is 7. The molecule has 0 saturated carbocycles. The first-order valence-corrected chi connectivity index (χ1v) is 13.2. The fourth-order valence-corrected chi connectivity index (χ4v) is 5.47. The summed E-state index contributed by atoms with van der Waals surface area (Å²) in [7, 11) is 1.95. The van der Waals surface area contributed by atoms with Crippen LogP contribution in [0.4, 0.5) is 11.4 Å². The molecule has 8 heteroatoms. The highest BCUT2D eigenvalue weighted by Crippen LogP contribution is 2.36. The Morgan fingerprint density at radius 2 is 2.00 bits per heavy atom. The van der Waals surface area contributed by atoms with Gasteiger partial charge in [-0.1, -0.05) is 54.1 Å². The summed E-state index contributed by atoms with van der Waals surface area (Å²) in [4.78, 5) is 12.3. The third kappa shape index (κ3) is 5.57. The van der Waals surface area contributed by atoms with Crippen LogP contribution in [0.15, 0.2) is 71.1 Å². The number of anilines is 2. The van der Waals surface area contributed by atoms with Crippen molar-refractivity contribution in [2.24, 2.45) is 7.05 Å². The van der Waals surface area contributed by atoms with Crippen molar-refractivity contribution in [2.45, 2.75) is 29.3 Å². The Kier molecular flexibility index (Phi) is 7.57. The van der Waals surface area contributed by atoms with Gasteiger partial charge in [0.15, 0.2) is 5.16 Å². The van der Waals surface area contributed by atoms with Crippen molar-refractivity contribution in [3.8, 4) is 6.07 Å². The standard InChI is InChI=1S/C28H27ClN6S/c1-34-15-11-31-28(34)36-26-10-8-22(17-24(26)29)33-27-21(18-30)19-32-25-16-20(7-9-23(25)27)6-5-14-35-12-3-2-4-13-35/h5-11,15-17,19H,2-4,12-14H2,1H3,(H,32,33). The summed E-state index contributed by atoms with van der Waals surface area (Å²) in [5.74, 6) is 0. The number of benzene rings is 2. The van der Waals surface area contributed by atoms with E-state index in [-0.39, 0.29) is 0 Å². The molecule has 1 N–H and O–H groups in total. The number of nitrogens with zero attached hydrogens (tertiary/aromatic N) is 5. The third-order valence-electron chi connectivity index (χ3n) is 6.32. The van der Waals surface area contributed by atoms with E-state index in [2.05, 4.69) is 50.5 Å². The number of fused-ring (bicyclic) bond motifs is 1. The molecule has 0 atom stereocenters. The van der Waals surface area contributed by atoms with Gasteiger partial charge >= 0.3 is 0 Å². The lowest BCUT2D eigenvalue weighted by atomic mass is 10.1. The smallest absolute Gasteiger partial charge is 0.172 e. The minimum absolute atomic E-state index is 0.485. The zero-order valence-corrected chi connectivity index (χ0v) is 21.7. The Morgan fingerprint density at radius 3 is 2.75 bits per heavy atom. The minimum atomic E-state index is 0.485. The van der Waals surface area contributed by atoms with Crippen LogP contribution < -0.4 is 5.32 Å². The average molecular weight is 515 g/mol. The lowest BCUT2D eigenvalue weighted by molar-refractivity contribution is 0.252. The first-order valence-electron chi connectivity index (χ1n) is 12.0. The van der Waals surface area contributed by atoms with Crippen molar-refractivity contribution >= 4 is 51.7 Å². The van der Waals surface area contributed by atoms with Gasteiger partial charge in [-0.05, 0) is 55.8 Å². The largest absolute Gasteiger partial charge is 0.354 e. The van der Waals surface area contributed by atoms with Gasteiger partial charge in [0, 0.05) is 48.2 Å². The van der Waals surface area contributed by atoms with Crippen LogP contribution >= 0.6 is 23.4 Å². The summed E-state index contributed by atoms with van der Waals surface area (Å²) >= 11 is 8.11. The van der Waals surface area contributed by atoms with Crippen molar-refractivity contribution in [2.75, 3.05) is 25.0 Å². The molecular weight excluding hydrogens is 488 g/mol. The van der Waals surface area contributed by atoms with E-state index in [1.807, 2.05) is 42.1 Å². The van der Waals surface area contributed by atoms with Gasteiger partial charge in [-0.2, -0.15) is 5.26 Å². The average Bonchev–Trinajstić information content (AvgIpc) is 3.30. The lowest BCUT2D eigenvalue weighted by Gasteiger charge is -2.24. The Balaban J connectivity index is 1.37. The van der Waals surface area contributed by atoms with Gasteiger partial charge in [-0.15, -0.1) is 0 Å². The normalized spacial score (nSPS) is 14.4. The van der Waals surface area contributed by atoms with Crippen molar-refractivity contribution < 1.29 is 0 Å².